The fourth-order valence-electron chi connectivity index (χ4n) is 1.83. The van der Waals surface area contributed by atoms with Crippen molar-refractivity contribution in [2.24, 2.45) is 5.92 Å². The number of halogens is 1. The second kappa shape index (κ2) is 5.97. The molecule has 0 unspecified atom stereocenters. The van der Waals surface area contributed by atoms with Gasteiger partial charge in [-0.15, -0.1) is 12.4 Å². The number of methoxy groups -OCH3 is 2. The topological polar surface area (TPSA) is 30.5 Å². The van der Waals surface area contributed by atoms with Gasteiger partial charge < -0.3 is 14.8 Å². The van der Waals surface area contributed by atoms with Crippen LogP contribution in [0, 0.1) is 5.92 Å². The van der Waals surface area contributed by atoms with Crippen molar-refractivity contribution in [2.75, 3.05) is 27.3 Å². The molecule has 1 N–H and O–H groups in total. The average Bonchev–Trinajstić information content (AvgIpc) is 2.23. The van der Waals surface area contributed by atoms with E-state index >= 15 is 0 Å². The van der Waals surface area contributed by atoms with Gasteiger partial charge in [-0.2, -0.15) is 0 Å². The molecule has 2 rings (SSSR count). The van der Waals surface area contributed by atoms with Crippen molar-refractivity contribution in [3.05, 3.63) is 23.8 Å². The molecule has 4 heteroatoms. The highest BCUT2D eigenvalue weighted by molar-refractivity contribution is 5.85. The predicted octanol–water partition coefficient (Wildman–Crippen LogP) is 1.89. The lowest BCUT2D eigenvalue weighted by atomic mass is 9.94. The first-order valence-electron chi connectivity index (χ1n) is 5.25. The molecule has 0 saturated carbocycles. The molecule has 1 fully saturated rings. The summed E-state index contributed by atoms with van der Waals surface area (Å²) in [7, 11) is 3.33. The minimum absolute atomic E-state index is 0. The lowest BCUT2D eigenvalue weighted by Crippen LogP contribution is -2.43. The molecule has 0 amide bonds. The predicted molar refractivity (Wildman–Crippen MR) is 66.9 cm³/mol. The van der Waals surface area contributed by atoms with Gasteiger partial charge in [0.15, 0.2) is 11.5 Å². The van der Waals surface area contributed by atoms with Gasteiger partial charge in [0, 0.05) is 0 Å². The third-order valence-corrected chi connectivity index (χ3v) is 2.84. The van der Waals surface area contributed by atoms with E-state index < -0.39 is 0 Å². The summed E-state index contributed by atoms with van der Waals surface area (Å²) in [5.41, 5.74) is 1.32. The molecule has 90 valence electrons. The van der Waals surface area contributed by atoms with Crippen molar-refractivity contribution >= 4 is 12.4 Å². The van der Waals surface area contributed by atoms with Gasteiger partial charge in [0.05, 0.1) is 14.2 Å². The van der Waals surface area contributed by atoms with E-state index in [-0.39, 0.29) is 12.4 Å². The standard InChI is InChI=1S/C12H17NO2.ClH/c1-14-11-4-3-9(6-12(11)15-2)5-10-7-13-8-10;/h3-4,6,10,13H,5,7-8H2,1-2H3;1H. The number of rotatable bonds is 4. The van der Waals surface area contributed by atoms with Crippen LogP contribution in [0.4, 0.5) is 0 Å². The molecule has 0 bridgehead atoms. The molecule has 0 aliphatic carbocycles. The first-order valence-corrected chi connectivity index (χ1v) is 5.25. The van der Waals surface area contributed by atoms with Crippen LogP contribution >= 0.6 is 12.4 Å². The monoisotopic (exact) mass is 243 g/mol. The van der Waals surface area contributed by atoms with E-state index in [0.717, 1.165) is 36.9 Å². The fourth-order valence-corrected chi connectivity index (χ4v) is 1.83. The van der Waals surface area contributed by atoms with E-state index in [4.69, 9.17) is 9.47 Å². The van der Waals surface area contributed by atoms with Gasteiger partial charge in [0.25, 0.3) is 0 Å². The summed E-state index contributed by atoms with van der Waals surface area (Å²) in [5.74, 6) is 2.40. The zero-order valence-electron chi connectivity index (χ0n) is 9.66. The van der Waals surface area contributed by atoms with E-state index in [1.54, 1.807) is 14.2 Å². The van der Waals surface area contributed by atoms with Crippen molar-refractivity contribution in [1.29, 1.82) is 0 Å². The lowest BCUT2D eigenvalue weighted by Gasteiger charge is -2.27. The maximum absolute atomic E-state index is 5.27. The van der Waals surface area contributed by atoms with E-state index in [2.05, 4.69) is 17.4 Å². The molecule has 0 spiro atoms. The van der Waals surface area contributed by atoms with Gasteiger partial charge in [0.1, 0.15) is 0 Å². The molecule has 0 radical (unpaired) electrons. The summed E-state index contributed by atoms with van der Waals surface area (Å²) in [5, 5.41) is 3.28. The first kappa shape index (κ1) is 13.1. The molecule has 0 aromatic heterocycles. The maximum atomic E-state index is 5.27. The maximum Gasteiger partial charge on any atom is 0.160 e. The van der Waals surface area contributed by atoms with Crippen LogP contribution < -0.4 is 14.8 Å². The third-order valence-electron chi connectivity index (χ3n) is 2.84. The van der Waals surface area contributed by atoms with Crippen LogP contribution in [-0.2, 0) is 6.42 Å². The summed E-state index contributed by atoms with van der Waals surface area (Å²) in [4.78, 5) is 0. The van der Waals surface area contributed by atoms with E-state index in [1.165, 1.54) is 5.56 Å². The van der Waals surface area contributed by atoms with Crippen LogP contribution in [0.5, 0.6) is 11.5 Å². The smallest absolute Gasteiger partial charge is 0.160 e. The molecule has 1 aliphatic rings. The Kier molecular flexibility index (Phi) is 4.90. The van der Waals surface area contributed by atoms with Crippen LogP contribution in [-0.4, -0.2) is 27.3 Å². The fraction of sp³-hybridized carbons (Fsp3) is 0.500. The molecular weight excluding hydrogens is 226 g/mol. The Labute approximate surface area is 103 Å². The zero-order valence-corrected chi connectivity index (χ0v) is 10.5. The van der Waals surface area contributed by atoms with E-state index in [9.17, 15) is 0 Å². The largest absolute Gasteiger partial charge is 0.493 e. The number of hydrogen-bond donors (Lipinski definition) is 1. The second-order valence-corrected chi connectivity index (χ2v) is 3.92. The highest BCUT2D eigenvalue weighted by Crippen LogP contribution is 2.28. The number of hydrogen-bond acceptors (Lipinski definition) is 3. The highest BCUT2D eigenvalue weighted by Gasteiger charge is 2.17. The van der Waals surface area contributed by atoms with Gasteiger partial charge in [0.2, 0.25) is 0 Å². The Morgan fingerprint density at radius 2 is 1.88 bits per heavy atom. The van der Waals surface area contributed by atoms with Crippen molar-refractivity contribution in [2.45, 2.75) is 6.42 Å². The third kappa shape index (κ3) is 2.80. The Balaban J connectivity index is 0.00000128. The van der Waals surface area contributed by atoms with Crippen molar-refractivity contribution in [3.8, 4) is 11.5 Å². The zero-order chi connectivity index (χ0) is 10.7. The average molecular weight is 244 g/mol. The summed E-state index contributed by atoms with van der Waals surface area (Å²) < 4.78 is 10.5. The van der Waals surface area contributed by atoms with Crippen LogP contribution in [0.25, 0.3) is 0 Å². The normalized spacial score (nSPS) is 14.9. The Morgan fingerprint density at radius 1 is 1.19 bits per heavy atom. The molecule has 1 heterocycles. The van der Waals surface area contributed by atoms with E-state index in [0.29, 0.717) is 0 Å². The summed E-state index contributed by atoms with van der Waals surface area (Å²) in [6.07, 6.45) is 1.12. The van der Waals surface area contributed by atoms with E-state index in [1.807, 2.05) is 6.07 Å². The molecule has 16 heavy (non-hydrogen) atoms. The molecule has 1 aromatic carbocycles. The van der Waals surface area contributed by atoms with Crippen molar-refractivity contribution in [1.82, 2.24) is 5.32 Å². The Hall–Kier alpha value is -0.930. The van der Waals surface area contributed by atoms with Gasteiger partial charge in [-0.3, -0.25) is 0 Å². The molecule has 3 nitrogen and oxygen atoms in total. The molecular formula is C12H18ClNO2. The number of benzene rings is 1. The molecule has 1 saturated heterocycles. The Bertz CT molecular complexity index is 340. The molecule has 1 aliphatic heterocycles. The Morgan fingerprint density at radius 3 is 2.38 bits per heavy atom. The van der Waals surface area contributed by atoms with Gasteiger partial charge >= 0.3 is 0 Å². The molecule has 1 aromatic rings. The van der Waals surface area contributed by atoms with Gasteiger partial charge in [-0.05, 0) is 43.1 Å². The highest BCUT2D eigenvalue weighted by atomic mass is 35.5. The minimum Gasteiger partial charge on any atom is -0.493 e. The SMILES string of the molecule is COc1ccc(CC2CNC2)cc1OC.Cl. The minimum atomic E-state index is 0. The van der Waals surface area contributed by atoms with Crippen LogP contribution in [0.2, 0.25) is 0 Å². The van der Waals surface area contributed by atoms with Crippen LogP contribution in [0.1, 0.15) is 5.56 Å². The second-order valence-electron chi connectivity index (χ2n) is 3.92. The van der Waals surface area contributed by atoms with Crippen LogP contribution in [0.15, 0.2) is 18.2 Å². The lowest BCUT2D eigenvalue weighted by molar-refractivity contribution is 0.341. The van der Waals surface area contributed by atoms with Crippen molar-refractivity contribution in [3.63, 3.8) is 0 Å². The molecule has 0 atom stereocenters. The van der Waals surface area contributed by atoms with Crippen molar-refractivity contribution < 1.29 is 9.47 Å². The van der Waals surface area contributed by atoms with Crippen LogP contribution in [0.3, 0.4) is 0 Å². The number of ether oxygens (including phenoxy) is 2. The summed E-state index contributed by atoms with van der Waals surface area (Å²) in [6.45, 7) is 2.27. The van der Waals surface area contributed by atoms with Gasteiger partial charge in [-0.1, -0.05) is 6.07 Å². The summed E-state index contributed by atoms with van der Waals surface area (Å²) >= 11 is 0. The number of nitrogens with one attached hydrogen (secondary N) is 1. The first-order chi connectivity index (χ1) is 7.33. The quantitative estimate of drug-likeness (QED) is 0.876. The summed E-state index contributed by atoms with van der Waals surface area (Å²) in [6, 6.07) is 6.15. The van der Waals surface area contributed by atoms with Gasteiger partial charge in [-0.25, -0.2) is 0 Å².